The maximum absolute atomic E-state index is 12.3. The molecule has 150 valence electrons. The lowest BCUT2D eigenvalue weighted by Crippen LogP contribution is -2.28. The van der Waals surface area contributed by atoms with Crippen LogP contribution in [0.2, 0.25) is 0 Å². The van der Waals surface area contributed by atoms with Gasteiger partial charge in [0.25, 0.3) is 5.78 Å². The number of aromatic hydroxyl groups is 2. The van der Waals surface area contributed by atoms with Gasteiger partial charge >= 0.3 is 0 Å². The largest absolute Gasteiger partial charge is 0.504 e. The first-order chi connectivity index (χ1) is 13.3. The number of Topliss-reactive ketones (excluding diaryl/α,β-unsaturated/α-hetero) is 2. The summed E-state index contributed by atoms with van der Waals surface area (Å²) in [7, 11) is 2.35. The maximum atomic E-state index is 12.3. The molecule has 9 nitrogen and oxygen atoms in total. The Morgan fingerprint density at radius 2 is 1.64 bits per heavy atom. The van der Waals surface area contributed by atoms with Crippen molar-refractivity contribution in [1.29, 1.82) is 0 Å². The van der Waals surface area contributed by atoms with Crippen LogP contribution in [0.5, 0.6) is 11.5 Å². The number of ether oxygens (including phenoxy) is 2. The average Bonchev–Trinajstić information content (AvgIpc) is 2.66. The Kier molecular flexibility index (Phi) is 6.64. The highest BCUT2D eigenvalue weighted by molar-refractivity contribution is 6.22. The number of benzene rings is 1. The molecule has 0 unspecified atom stereocenters. The van der Waals surface area contributed by atoms with Crippen LogP contribution in [-0.4, -0.2) is 53.6 Å². The van der Waals surface area contributed by atoms with E-state index < -0.39 is 23.1 Å². The first-order valence-corrected chi connectivity index (χ1v) is 8.41. The number of aliphatic hydroxyl groups excluding tert-OH is 1. The summed E-state index contributed by atoms with van der Waals surface area (Å²) < 4.78 is 9.70. The quantitative estimate of drug-likeness (QED) is 0.380. The zero-order chi connectivity index (χ0) is 20.8. The van der Waals surface area contributed by atoms with Crippen LogP contribution in [0.1, 0.15) is 18.4 Å². The smallest absolute Gasteiger partial charge is 0.266 e. The van der Waals surface area contributed by atoms with Gasteiger partial charge in [-0.25, -0.2) is 0 Å². The summed E-state index contributed by atoms with van der Waals surface area (Å²) >= 11 is 0. The van der Waals surface area contributed by atoms with E-state index in [0.717, 1.165) is 12.7 Å². The van der Waals surface area contributed by atoms with Crippen molar-refractivity contribution in [2.24, 2.45) is 0 Å². The minimum absolute atomic E-state index is 0.0410. The molecule has 0 aromatic heterocycles. The zero-order valence-corrected chi connectivity index (χ0v) is 15.4. The number of carbonyl (C=O) groups excluding carboxylic acids is 3. The van der Waals surface area contributed by atoms with Crippen molar-refractivity contribution < 1.29 is 39.2 Å². The molecular formula is C19H21NO8. The van der Waals surface area contributed by atoms with E-state index in [1.165, 1.54) is 19.2 Å². The third-order valence-corrected chi connectivity index (χ3v) is 4.18. The highest BCUT2D eigenvalue weighted by atomic mass is 16.5. The fourth-order valence-corrected chi connectivity index (χ4v) is 2.73. The summed E-state index contributed by atoms with van der Waals surface area (Å²) in [5, 5.41) is 31.1. The second-order valence-electron chi connectivity index (χ2n) is 5.97. The molecule has 0 spiro atoms. The number of ketones is 2. The van der Waals surface area contributed by atoms with Crippen molar-refractivity contribution in [2.45, 2.75) is 19.3 Å². The molecule has 1 aliphatic rings. The van der Waals surface area contributed by atoms with Gasteiger partial charge in [0.2, 0.25) is 23.2 Å². The summed E-state index contributed by atoms with van der Waals surface area (Å²) in [5.74, 6) is -4.02. The second kappa shape index (κ2) is 8.94. The summed E-state index contributed by atoms with van der Waals surface area (Å²) in [4.78, 5) is 36.4. The molecule has 2 rings (SSSR count). The van der Waals surface area contributed by atoms with Gasteiger partial charge in [-0.2, -0.15) is 0 Å². The van der Waals surface area contributed by atoms with E-state index in [1.807, 2.05) is 0 Å². The molecule has 28 heavy (non-hydrogen) atoms. The van der Waals surface area contributed by atoms with E-state index in [2.05, 4.69) is 5.32 Å². The Bertz CT molecular complexity index is 869. The number of allylic oxidation sites excluding steroid dienone is 1. The lowest BCUT2D eigenvalue weighted by atomic mass is 9.94. The van der Waals surface area contributed by atoms with Crippen LogP contribution in [0.25, 0.3) is 0 Å². The van der Waals surface area contributed by atoms with Crippen molar-refractivity contribution in [3.63, 3.8) is 0 Å². The lowest BCUT2D eigenvalue weighted by molar-refractivity contribution is -0.123. The summed E-state index contributed by atoms with van der Waals surface area (Å²) in [5.41, 5.74) is 0.680. The van der Waals surface area contributed by atoms with Gasteiger partial charge in [-0.15, -0.1) is 0 Å². The van der Waals surface area contributed by atoms with Gasteiger partial charge in [0.1, 0.15) is 0 Å². The van der Waals surface area contributed by atoms with Crippen LogP contribution in [0, 0.1) is 0 Å². The van der Waals surface area contributed by atoms with Crippen LogP contribution in [0.15, 0.2) is 41.0 Å². The first-order valence-electron chi connectivity index (χ1n) is 8.41. The molecule has 0 saturated heterocycles. The highest BCUT2D eigenvalue weighted by Gasteiger charge is 2.36. The van der Waals surface area contributed by atoms with E-state index in [4.69, 9.17) is 9.47 Å². The van der Waals surface area contributed by atoms with Crippen molar-refractivity contribution in [2.75, 3.05) is 20.8 Å². The first kappa shape index (κ1) is 20.8. The van der Waals surface area contributed by atoms with Gasteiger partial charge < -0.3 is 30.1 Å². The number of methoxy groups -OCH3 is 2. The number of phenolic OH excluding ortho intramolecular Hbond substituents is 2. The van der Waals surface area contributed by atoms with Gasteiger partial charge in [-0.3, -0.25) is 14.4 Å². The minimum Gasteiger partial charge on any atom is -0.504 e. The molecule has 0 heterocycles. The summed E-state index contributed by atoms with van der Waals surface area (Å²) in [6.45, 7) is 0.274. The summed E-state index contributed by atoms with van der Waals surface area (Å²) in [6.07, 6.45) is 0.271. The van der Waals surface area contributed by atoms with Gasteiger partial charge in [0, 0.05) is 13.0 Å². The van der Waals surface area contributed by atoms with E-state index in [1.54, 1.807) is 6.07 Å². The van der Waals surface area contributed by atoms with Crippen molar-refractivity contribution in [1.82, 2.24) is 5.32 Å². The lowest BCUT2D eigenvalue weighted by Gasteiger charge is -2.19. The highest BCUT2D eigenvalue weighted by Crippen LogP contribution is 2.27. The molecule has 0 saturated carbocycles. The van der Waals surface area contributed by atoms with Gasteiger partial charge in [0.05, 0.1) is 19.8 Å². The minimum atomic E-state index is -0.874. The van der Waals surface area contributed by atoms with Crippen LogP contribution in [0.4, 0.5) is 0 Å². The number of amides is 1. The number of phenols is 2. The third-order valence-electron chi connectivity index (χ3n) is 4.18. The molecular weight excluding hydrogens is 370 g/mol. The number of rotatable bonds is 8. The number of aliphatic hydroxyl groups is 1. The Labute approximate surface area is 160 Å². The summed E-state index contributed by atoms with van der Waals surface area (Å²) in [6, 6.07) is 4.37. The van der Waals surface area contributed by atoms with Gasteiger partial charge in [-0.05, 0) is 30.5 Å². The fourth-order valence-electron chi connectivity index (χ4n) is 2.73. The van der Waals surface area contributed by atoms with E-state index >= 15 is 0 Å². The van der Waals surface area contributed by atoms with Gasteiger partial charge in [0.15, 0.2) is 17.3 Å². The molecule has 9 heteroatoms. The predicted octanol–water partition coefficient (Wildman–Crippen LogP) is 1.00. The Balaban J connectivity index is 1.93. The van der Waals surface area contributed by atoms with Crippen molar-refractivity contribution in [3.05, 3.63) is 46.6 Å². The third kappa shape index (κ3) is 4.43. The maximum Gasteiger partial charge on any atom is 0.266 e. The molecule has 1 aromatic rings. The topological polar surface area (TPSA) is 142 Å². The zero-order valence-electron chi connectivity index (χ0n) is 15.4. The van der Waals surface area contributed by atoms with E-state index in [-0.39, 0.29) is 48.1 Å². The molecule has 1 aromatic carbocycles. The molecule has 0 bridgehead atoms. The van der Waals surface area contributed by atoms with Crippen molar-refractivity contribution >= 4 is 17.5 Å². The van der Waals surface area contributed by atoms with Crippen LogP contribution >= 0.6 is 0 Å². The second-order valence-corrected chi connectivity index (χ2v) is 5.97. The molecule has 4 N–H and O–H groups in total. The van der Waals surface area contributed by atoms with Crippen LogP contribution in [0.3, 0.4) is 0 Å². The Hall–Kier alpha value is -3.49. The predicted molar refractivity (Wildman–Crippen MR) is 96.4 cm³/mol. The Morgan fingerprint density at radius 1 is 0.964 bits per heavy atom. The normalized spacial score (nSPS) is 14.4. The number of hydrogen-bond acceptors (Lipinski definition) is 8. The molecule has 0 atom stereocenters. The van der Waals surface area contributed by atoms with E-state index in [0.29, 0.717) is 6.42 Å². The molecule has 1 amide bonds. The number of carbonyl (C=O) groups is 3. The average molecular weight is 391 g/mol. The monoisotopic (exact) mass is 391 g/mol. The molecule has 0 radical (unpaired) electrons. The SMILES string of the molecule is COC1=C(O)C(=O)C(OC)=C(CCC(=O)NCCc2ccc(O)c(O)c2)C1=O. The molecule has 0 fully saturated rings. The van der Waals surface area contributed by atoms with Gasteiger partial charge in [-0.1, -0.05) is 6.07 Å². The fraction of sp³-hybridized carbons (Fsp3) is 0.316. The molecule has 1 aliphatic carbocycles. The molecule has 0 aliphatic heterocycles. The number of hydrogen-bond donors (Lipinski definition) is 4. The van der Waals surface area contributed by atoms with E-state index in [9.17, 15) is 29.7 Å². The van der Waals surface area contributed by atoms with Crippen molar-refractivity contribution in [3.8, 4) is 11.5 Å². The van der Waals surface area contributed by atoms with Crippen LogP contribution < -0.4 is 5.32 Å². The van der Waals surface area contributed by atoms with Crippen LogP contribution in [-0.2, 0) is 30.3 Å². The Morgan fingerprint density at radius 3 is 2.25 bits per heavy atom. The standard InChI is InChI=1S/C19H21NO8/c1-27-18-11(15(24)19(28-2)17(26)16(18)25)4-6-14(23)20-8-7-10-3-5-12(21)13(22)9-10/h3,5,9,21-22,26H,4,6-8H2,1-2H3,(H,20,23). The number of nitrogens with one attached hydrogen (secondary N) is 1.